The van der Waals surface area contributed by atoms with E-state index in [1.54, 1.807) is 4.90 Å². The van der Waals surface area contributed by atoms with Gasteiger partial charge in [0.1, 0.15) is 6.61 Å². The number of hydrogen-bond acceptors (Lipinski definition) is 3. The molecule has 0 bridgehead atoms. The van der Waals surface area contributed by atoms with E-state index in [1.807, 2.05) is 24.3 Å². The van der Waals surface area contributed by atoms with Crippen molar-refractivity contribution in [3.05, 3.63) is 59.7 Å². The highest BCUT2D eigenvalue weighted by molar-refractivity contribution is 5.80. The van der Waals surface area contributed by atoms with Gasteiger partial charge >= 0.3 is 12.1 Å². The molecule has 1 N–H and O–H groups in total. The van der Waals surface area contributed by atoms with Crippen molar-refractivity contribution in [3.63, 3.8) is 0 Å². The van der Waals surface area contributed by atoms with Crippen molar-refractivity contribution >= 4 is 12.1 Å². The molecule has 156 valence electrons. The molecule has 5 heteroatoms. The van der Waals surface area contributed by atoms with Crippen LogP contribution in [0.25, 0.3) is 11.1 Å². The van der Waals surface area contributed by atoms with Crippen LogP contribution in [0.15, 0.2) is 48.5 Å². The summed E-state index contributed by atoms with van der Waals surface area (Å²) in [5, 5.41) is 9.97. The second-order valence-corrected chi connectivity index (χ2v) is 8.82. The average molecular weight is 405 g/mol. The van der Waals surface area contributed by atoms with E-state index in [0.29, 0.717) is 19.4 Å². The topological polar surface area (TPSA) is 66.8 Å². The Morgan fingerprint density at radius 3 is 2.30 bits per heavy atom. The summed E-state index contributed by atoms with van der Waals surface area (Å²) >= 11 is 0. The molecule has 5 nitrogen and oxygen atoms in total. The van der Waals surface area contributed by atoms with E-state index in [0.717, 1.165) is 25.7 Å². The first-order chi connectivity index (χ1) is 14.6. The van der Waals surface area contributed by atoms with E-state index < -0.39 is 11.4 Å². The molecular formula is C25H27NO4. The summed E-state index contributed by atoms with van der Waals surface area (Å²) in [7, 11) is 0. The maximum atomic E-state index is 13.1. The Morgan fingerprint density at radius 2 is 1.63 bits per heavy atom. The SMILES string of the molecule is O=C(OCC1c2ccccc2-c2ccccc21)N1CCC2(C(=O)O)CCCCCC12. The number of rotatable bonds is 3. The fourth-order valence-electron chi connectivity index (χ4n) is 5.87. The Kier molecular flexibility index (Phi) is 4.76. The Labute approximate surface area is 176 Å². The number of likely N-dealkylation sites (tertiary alicyclic amines) is 1. The molecule has 2 fully saturated rings. The summed E-state index contributed by atoms with van der Waals surface area (Å²) in [6, 6.07) is 16.3. The molecule has 2 aromatic carbocycles. The minimum Gasteiger partial charge on any atom is -0.481 e. The van der Waals surface area contributed by atoms with Gasteiger partial charge in [0.25, 0.3) is 0 Å². The summed E-state index contributed by atoms with van der Waals surface area (Å²) in [6.07, 6.45) is 4.47. The number of benzene rings is 2. The van der Waals surface area contributed by atoms with E-state index in [4.69, 9.17) is 4.74 Å². The standard InChI is InChI=1S/C25H27NO4/c27-23(28)25-13-7-1-2-12-22(25)26(15-14-25)24(29)30-16-21-19-10-5-3-8-17(19)18-9-4-6-11-20(18)21/h3-6,8-11,21-22H,1-2,7,12-16H2,(H,27,28). The first kappa shape index (κ1) is 19.2. The van der Waals surface area contributed by atoms with E-state index in [9.17, 15) is 14.7 Å². The third-order valence-electron chi connectivity index (χ3n) is 7.41. The van der Waals surface area contributed by atoms with Gasteiger partial charge in [-0.15, -0.1) is 0 Å². The van der Waals surface area contributed by atoms with Gasteiger partial charge < -0.3 is 14.7 Å². The van der Waals surface area contributed by atoms with Crippen LogP contribution in [0.4, 0.5) is 4.79 Å². The van der Waals surface area contributed by atoms with E-state index >= 15 is 0 Å². The second kappa shape index (κ2) is 7.46. The number of ether oxygens (including phenoxy) is 1. The normalized spacial score (nSPS) is 25.2. The molecule has 2 unspecified atom stereocenters. The van der Waals surface area contributed by atoms with Crippen LogP contribution < -0.4 is 0 Å². The van der Waals surface area contributed by atoms with E-state index in [2.05, 4.69) is 24.3 Å². The molecule has 0 spiro atoms. The average Bonchev–Trinajstić information content (AvgIpc) is 3.20. The van der Waals surface area contributed by atoms with Crippen molar-refractivity contribution < 1.29 is 19.4 Å². The predicted octanol–water partition coefficient (Wildman–Crippen LogP) is 5.04. The largest absolute Gasteiger partial charge is 0.481 e. The van der Waals surface area contributed by atoms with Gasteiger partial charge in [0.15, 0.2) is 0 Å². The maximum absolute atomic E-state index is 13.1. The molecule has 1 heterocycles. The van der Waals surface area contributed by atoms with Crippen LogP contribution in [0, 0.1) is 5.41 Å². The molecule has 30 heavy (non-hydrogen) atoms. The van der Waals surface area contributed by atoms with Gasteiger partial charge in [0, 0.05) is 12.5 Å². The van der Waals surface area contributed by atoms with Crippen LogP contribution in [0.5, 0.6) is 0 Å². The van der Waals surface area contributed by atoms with Gasteiger partial charge in [-0.05, 0) is 41.5 Å². The Balaban J connectivity index is 1.35. The van der Waals surface area contributed by atoms with Gasteiger partial charge in [0.05, 0.1) is 11.5 Å². The number of carboxylic acid groups (broad SMARTS) is 1. The number of carbonyl (C=O) groups excluding carboxylic acids is 1. The third kappa shape index (κ3) is 2.91. The molecule has 0 radical (unpaired) electrons. The van der Waals surface area contributed by atoms with E-state index in [-0.39, 0.29) is 24.7 Å². The Bertz CT molecular complexity index is 941. The zero-order valence-corrected chi connectivity index (χ0v) is 17.0. The highest BCUT2D eigenvalue weighted by Crippen LogP contribution is 2.47. The molecule has 2 aliphatic carbocycles. The first-order valence-corrected chi connectivity index (χ1v) is 11.0. The smallest absolute Gasteiger partial charge is 0.410 e. The molecular weight excluding hydrogens is 378 g/mol. The molecule has 1 saturated carbocycles. The quantitative estimate of drug-likeness (QED) is 0.776. The minimum atomic E-state index is -0.803. The molecule has 1 saturated heterocycles. The summed E-state index contributed by atoms with van der Waals surface area (Å²) in [6.45, 7) is 0.740. The molecule has 1 amide bonds. The van der Waals surface area contributed by atoms with E-state index in [1.165, 1.54) is 22.3 Å². The lowest BCUT2D eigenvalue weighted by molar-refractivity contribution is -0.150. The molecule has 0 aromatic heterocycles. The maximum Gasteiger partial charge on any atom is 0.410 e. The number of nitrogens with zero attached hydrogens (tertiary/aromatic N) is 1. The van der Waals surface area contributed by atoms with Crippen molar-refractivity contribution in [2.45, 2.75) is 50.5 Å². The van der Waals surface area contributed by atoms with Crippen molar-refractivity contribution in [2.75, 3.05) is 13.2 Å². The highest BCUT2D eigenvalue weighted by atomic mass is 16.6. The van der Waals surface area contributed by atoms with Gasteiger partial charge in [-0.25, -0.2) is 4.79 Å². The predicted molar refractivity (Wildman–Crippen MR) is 113 cm³/mol. The third-order valence-corrected chi connectivity index (χ3v) is 7.41. The van der Waals surface area contributed by atoms with Crippen LogP contribution in [0.2, 0.25) is 0 Å². The summed E-state index contributed by atoms with van der Waals surface area (Å²) < 4.78 is 5.83. The van der Waals surface area contributed by atoms with Crippen LogP contribution in [-0.4, -0.2) is 41.3 Å². The zero-order valence-electron chi connectivity index (χ0n) is 17.0. The Hall–Kier alpha value is -2.82. The molecule has 3 aliphatic rings. The van der Waals surface area contributed by atoms with Gasteiger partial charge in [-0.1, -0.05) is 67.8 Å². The van der Waals surface area contributed by atoms with Gasteiger partial charge in [-0.3, -0.25) is 4.79 Å². The second-order valence-electron chi connectivity index (χ2n) is 8.82. The van der Waals surface area contributed by atoms with Crippen molar-refractivity contribution in [1.29, 1.82) is 0 Å². The summed E-state index contributed by atoms with van der Waals surface area (Å²) in [5.74, 6) is -0.745. The van der Waals surface area contributed by atoms with Crippen LogP contribution in [0.1, 0.15) is 55.6 Å². The summed E-state index contributed by atoms with van der Waals surface area (Å²) in [4.78, 5) is 26.9. The number of hydrogen-bond donors (Lipinski definition) is 1. The van der Waals surface area contributed by atoms with Gasteiger partial charge in [0.2, 0.25) is 0 Å². The number of carbonyl (C=O) groups is 2. The number of carboxylic acids is 1. The van der Waals surface area contributed by atoms with Crippen LogP contribution in [-0.2, 0) is 9.53 Å². The lowest BCUT2D eigenvalue weighted by atomic mass is 9.76. The van der Waals surface area contributed by atoms with Crippen molar-refractivity contribution in [3.8, 4) is 11.1 Å². The minimum absolute atomic E-state index is 0.0160. The summed E-state index contributed by atoms with van der Waals surface area (Å²) in [5.41, 5.74) is 3.96. The molecule has 1 aliphatic heterocycles. The Morgan fingerprint density at radius 1 is 0.967 bits per heavy atom. The van der Waals surface area contributed by atoms with Crippen molar-refractivity contribution in [2.24, 2.45) is 5.41 Å². The zero-order chi connectivity index (χ0) is 20.7. The molecule has 5 rings (SSSR count). The lowest BCUT2D eigenvalue weighted by Gasteiger charge is -2.33. The monoisotopic (exact) mass is 405 g/mol. The number of amides is 1. The molecule has 2 atom stereocenters. The number of fused-ring (bicyclic) bond motifs is 4. The van der Waals surface area contributed by atoms with Crippen LogP contribution in [0.3, 0.4) is 0 Å². The number of aliphatic carboxylic acids is 1. The van der Waals surface area contributed by atoms with Crippen LogP contribution >= 0.6 is 0 Å². The molecule has 2 aromatic rings. The lowest BCUT2D eigenvalue weighted by Crippen LogP contribution is -2.46. The van der Waals surface area contributed by atoms with Gasteiger partial charge in [-0.2, -0.15) is 0 Å². The first-order valence-electron chi connectivity index (χ1n) is 11.0. The fraction of sp³-hybridized carbons (Fsp3) is 0.440. The highest BCUT2D eigenvalue weighted by Gasteiger charge is 2.54. The fourth-order valence-corrected chi connectivity index (χ4v) is 5.87. The van der Waals surface area contributed by atoms with Crippen molar-refractivity contribution in [1.82, 2.24) is 4.90 Å².